The van der Waals surface area contributed by atoms with Crippen LogP contribution in [-0.4, -0.2) is 5.16 Å². The Kier molecular flexibility index (Phi) is 2.82. The first kappa shape index (κ1) is 11.9. The Balaban J connectivity index is 2.51. The summed E-state index contributed by atoms with van der Waals surface area (Å²) in [6.45, 7) is 10.7. The normalized spacial score (nSPS) is 11.8. The minimum Gasteiger partial charge on any atom is -0.356 e. The molecule has 1 aromatic carbocycles. The van der Waals surface area contributed by atoms with E-state index in [2.05, 4.69) is 50.2 Å². The summed E-state index contributed by atoms with van der Waals surface area (Å²) in [7, 11) is 0. The highest BCUT2D eigenvalue weighted by molar-refractivity contribution is 5.62. The Morgan fingerprint density at radius 1 is 1.12 bits per heavy atom. The van der Waals surface area contributed by atoms with Gasteiger partial charge in [-0.1, -0.05) is 44.1 Å². The van der Waals surface area contributed by atoms with Gasteiger partial charge in [0.1, 0.15) is 0 Å². The smallest absolute Gasteiger partial charge is 0.170 e. The molecule has 2 heteroatoms. The molecule has 0 unspecified atom stereocenters. The Hall–Kier alpha value is -1.57. The zero-order valence-corrected chi connectivity index (χ0v) is 11.2. The molecule has 0 aliphatic carbocycles. The number of aryl methyl sites for hydroxylation is 1. The number of hydrogen-bond acceptors (Lipinski definition) is 2. The lowest BCUT2D eigenvalue weighted by Gasteiger charge is -2.19. The van der Waals surface area contributed by atoms with Crippen LogP contribution in [0.3, 0.4) is 0 Å². The van der Waals surface area contributed by atoms with Crippen molar-refractivity contribution in [2.75, 3.05) is 0 Å². The van der Waals surface area contributed by atoms with Crippen molar-refractivity contribution in [2.24, 2.45) is 0 Å². The Bertz CT molecular complexity index is 532. The zero-order chi connectivity index (χ0) is 12.6. The van der Waals surface area contributed by atoms with Crippen LogP contribution in [0.5, 0.6) is 0 Å². The molecule has 0 fully saturated rings. The second kappa shape index (κ2) is 4.02. The van der Waals surface area contributed by atoms with Crippen LogP contribution in [0, 0.1) is 13.8 Å². The van der Waals surface area contributed by atoms with Crippen molar-refractivity contribution in [3.63, 3.8) is 0 Å². The first-order chi connectivity index (χ1) is 7.89. The average molecular weight is 229 g/mol. The van der Waals surface area contributed by atoms with Crippen LogP contribution in [-0.2, 0) is 5.41 Å². The molecule has 0 radical (unpaired) electrons. The van der Waals surface area contributed by atoms with E-state index in [1.54, 1.807) is 0 Å². The molecule has 90 valence electrons. The molecule has 1 aromatic heterocycles. The van der Waals surface area contributed by atoms with Gasteiger partial charge in [-0.2, -0.15) is 0 Å². The highest BCUT2D eigenvalue weighted by Crippen LogP contribution is 2.30. The van der Waals surface area contributed by atoms with Gasteiger partial charge in [-0.25, -0.2) is 0 Å². The van der Waals surface area contributed by atoms with Crippen molar-refractivity contribution in [1.29, 1.82) is 0 Å². The third kappa shape index (κ3) is 2.26. The molecular weight excluding hydrogens is 210 g/mol. The summed E-state index contributed by atoms with van der Waals surface area (Å²) in [5.41, 5.74) is 4.65. The molecule has 0 spiro atoms. The monoisotopic (exact) mass is 229 g/mol. The molecule has 0 amide bonds. The quantitative estimate of drug-likeness (QED) is 0.730. The van der Waals surface area contributed by atoms with Crippen molar-refractivity contribution in [1.82, 2.24) is 5.16 Å². The van der Waals surface area contributed by atoms with Crippen molar-refractivity contribution in [2.45, 2.75) is 40.0 Å². The van der Waals surface area contributed by atoms with Gasteiger partial charge < -0.3 is 4.52 Å². The van der Waals surface area contributed by atoms with E-state index in [9.17, 15) is 0 Å². The first-order valence-corrected chi connectivity index (χ1v) is 5.93. The van der Waals surface area contributed by atoms with E-state index in [4.69, 9.17) is 4.52 Å². The minimum atomic E-state index is 0.152. The van der Waals surface area contributed by atoms with Crippen LogP contribution in [0.25, 0.3) is 11.3 Å². The maximum absolute atomic E-state index is 5.40. The predicted octanol–water partition coefficient (Wildman–Crippen LogP) is 4.26. The lowest BCUT2D eigenvalue weighted by atomic mass is 9.86. The Labute approximate surface area is 103 Å². The molecule has 0 aliphatic rings. The van der Waals surface area contributed by atoms with Gasteiger partial charge in [0.25, 0.3) is 0 Å². The number of benzene rings is 1. The maximum Gasteiger partial charge on any atom is 0.170 e. The van der Waals surface area contributed by atoms with Crippen LogP contribution in [0.2, 0.25) is 0 Å². The van der Waals surface area contributed by atoms with Crippen molar-refractivity contribution >= 4 is 0 Å². The minimum absolute atomic E-state index is 0.152. The summed E-state index contributed by atoms with van der Waals surface area (Å²) in [5, 5.41) is 4.01. The number of hydrogen-bond donors (Lipinski definition) is 0. The van der Waals surface area contributed by atoms with E-state index in [1.165, 1.54) is 5.56 Å². The van der Waals surface area contributed by atoms with Crippen LogP contribution in [0.4, 0.5) is 0 Å². The molecule has 2 nitrogen and oxygen atoms in total. The summed E-state index contributed by atoms with van der Waals surface area (Å²) in [6.07, 6.45) is 0. The molecular formula is C15H19NO. The van der Waals surface area contributed by atoms with Crippen LogP contribution >= 0.6 is 0 Å². The highest BCUT2D eigenvalue weighted by Gasteiger charge is 2.16. The third-order valence-corrected chi connectivity index (χ3v) is 3.15. The second-order valence-electron chi connectivity index (χ2n) is 5.55. The molecule has 0 saturated carbocycles. The van der Waals surface area contributed by atoms with Gasteiger partial charge in [-0.3, -0.25) is 0 Å². The van der Waals surface area contributed by atoms with Gasteiger partial charge in [-0.05, 0) is 30.9 Å². The van der Waals surface area contributed by atoms with Gasteiger partial charge in [0.2, 0.25) is 0 Å². The van der Waals surface area contributed by atoms with Gasteiger partial charge >= 0.3 is 0 Å². The van der Waals surface area contributed by atoms with Crippen LogP contribution in [0.15, 0.2) is 28.8 Å². The van der Waals surface area contributed by atoms with Gasteiger partial charge in [0.15, 0.2) is 5.76 Å². The van der Waals surface area contributed by atoms with Gasteiger partial charge in [-0.15, -0.1) is 0 Å². The first-order valence-electron chi connectivity index (χ1n) is 5.93. The molecule has 2 rings (SSSR count). The molecule has 0 atom stereocenters. The van der Waals surface area contributed by atoms with Crippen LogP contribution < -0.4 is 0 Å². The summed E-state index contributed by atoms with van der Waals surface area (Å²) in [6, 6.07) is 8.49. The lowest BCUT2D eigenvalue weighted by molar-refractivity contribution is 0.426. The molecule has 17 heavy (non-hydrogen) atoms. The fourth-order valence-corrected chi connectivity index (χ4v) is 1.81. The zero-order valence-electron chi connectivity index (χ0n) is 11.2. The van der Waals surface area contributed by atoms with Crippen molar-refractivity contribution in [3.8, 4) is 11.3 Å². The fourth-order valence-electron chi connectivity index (χ4n) is 1.81. The summed E-state index contributed by atoms with van der Waals surface area (Å²) in [5.74, 6) is 0.883. The Morgan fingerprint density at radius 2 is 1.82 bits per heavy atom. The molecule has 0 saturated heterocycles. The van der Waals surface area contributed by atoms with Crippen LogP contribution in [0.1, 0.15) is 37.6 Å². The van der Waals surface area contributed by atoms with E-state index >= 15 is 0 Å². The molecule has 1 heterocycles. The summed E-state index contributed by atoms with van der Waals surface area (Å²) < 4.78 is 5.40. The summed E-state index contributed by atoms with van der Waals surface area (Å²) in [4.78, 5) is 0. The lowest BCUT2D eigenvalue weighted by Crippen LogP contribution is -2.10. The number of rotatable bonds is 1. The van der Waals surface area contributed by atoms with E-state index in [0.29, 0.717) is 0 Å². The highest BCUT2D eigenvalue weighted by atomic mass is 16.5. The fraction of sp³-hybridized carbons (Fsp3) is 0.400. The third-order valence-electron chi connectivity index (χ3n) is 3.15. The van der Waals surface area contributed by atoms with Crippen molar-refractivity contribution < 1.29 is 4.52 Å². The van der Waals surface area contributed by atoms with E-state index in [-0.39, 0.29) is 5.41 Å². The largest absolute Gasteiger partial charge is 0.356 e. The van der Waals surface area contributed by atoms with Gasteiger partial charge in [0, 0.05) is 11.1 Å². The maximum atomic E-state index is 5.40. The van der Waals surface area contributed by atoms with E-state index in [1.807, 2.05) is 13.8 Å². The molecule has 0 aliphatic heterocycles. The van der Waals surface area contributed by atoms with Gasteiger partial charge in [0.05, 0.1) is 5.69 Å². The topological polar surface area (TPSA) is 26.0 Å². The standard InChI is InChI=1S/C15H19NO/c1-10-11(2)16-17-14(10)12-7-6-8-13(9-12)15(3,4)5/h6-9H,1-5H3. The van der Waals surface area contributed by atoms with E-state index < -0.39 is 0 Å². The molecule has 2 aromatic rings. The Morgan fingerprint density at radius 3 is 2.35 bits per heavy atom. The molecule has 0 bridgehead atoms. The second-order valence-corrected chi connectivity index (χ2v) is 5.55. The average Bonchev–Trinajstić information content (AvgIpc) is 2.59. The number of nitrogens with zero attached hydrogens (tertiary/aromatic N) is 1. The summed E-state index contributed by atoms with van der Waals surface area (Å²) >= 11 is 0. The SMILES string of the molecule is Cc1noc(-c2cccc(C(C)(C)C)c2)c1C. The molecule has 0 N–H and O–H groups in total. The number of aromatic nitrogens is 1. The van der Waals surface area contributed by atoms with Crippen molar-refractivity contribution in [3.05, 3.63) is 41.1 Å². The van der Waals surface area contributed by atoms with E-state index in [0.717, 1.165) is 22.6 Å². The predicted molar refractivity (Wildman–Crippen MR) is 70.1 cm³/mol.